The van der Waals surface area contributed by atoms with Gasteiger partial charge in [0.25, 0.3) is 0 Å². The quantitative estimate of drug-likeness (QED) is 0.527. The van der Waals surface area contributed by atoms with Crippen LogP contribution in [0, 0.1) is 11.8 Å². The van der Waals surface area contributed by atoms with E-state index < -0.39 is 0 Å². The Bertz CT molecular complexity index is 172. The molecule has 0 amide bonds. The van der Waals surface area contributed by atoms with Crippen LogP contribution in [0.5, 0.6) is 0 Å². The third kappa shape index (κ3) is 7.92. The third-order valence-corrected chi connectivity index (χ3v) is 3.36. The van der Waals surface area contributed by atoms with Crippen LogP contribution in [0.3, 0.4) is 0 Å². The standard InChI is InChI=1S/C15H31N/c1-6-8-10-12-15(13-16(4)5)14(3)11-9-7-2/h6,8,14-15H,7,9-13H2,1-5H3. The van der Waals surface area contributed by atoms with Gasteiger partial charge in [-0.15, -0.1) is 0 Å². The highest BCUT2D eigenvalue weighted by atomic mass is 15.1. The Kier molecular flexibility index (Phi) is 9.71. The van der Waals surface area contributed by atoms with Crippen molar-refractivity contribution >= 4 is 0 Å². The van der Waals surface area contributed by atoms with Crippen LogP contribution in [-0.2, 0) is 0 Å². The molecule has 0 heterocycles. The van der Waals surface area contributed by atoms with Gasteiger partial charge in [0.05, 0.1) is 0 Å². The van der Waals surface area contributed by atoms with E-state index in [1.165, 1.54) is 38.6 Å². The predicted octanol–water partition coefficient (Wildman–Crippen LogP) is 4.35. The maximum absolute atomic E-state index is 2.43. The molecular weight excluding hydrogens is 194 g/mol. The van der Waals surface area contributed by atoms with E-state index >= 15 is 0 Å². The lowest BCUT2D eigenvalue weighted by molar-refractivity contribution is 0.234. The molecule has 0 radical (unpaired) electrons. The van der Waals surface area contributed by atoms with Crippen LogP contribution < -0.4 is 0 Å². The van der Waals surface area contributed by atoms with Crippen molar-refractivity contribution in [1.29, 1.82) is 0 Å². The van der Waals surface area contributed by atoms with Crippen LogP contribution in [0.25, 0.3) is 0 Å². The molecule has 0 aliphatic carbocycles. The van der Waals surface area contributed by atoms with Crippen LogP contribution in [-0.4, -0.2) is 25.5 Å². The summed E-state index contributed by atoms with van der Waals surface area (Å²) in [5.41, 5.74) is 0. The molecule has 0 aliphatic heterocycles. The van der Waals surface area contributed by atoms with E-state index in [0.717, 1.165) is 11.8 Å². The number of nitrogens with zero attached hydrogens (tertiary/aromatic N) is 1. The number of rotatable bonds is 9. The zero-order valence-electron chi connectivity index (χ0n) is 12.0. The van der Waals surface area contributed by atoms with Crippen molar-refractivity contribution < 1.29 is 0 Å². The normalized spacial score (nSPS) is 15.9. The number of hydrogen-bond acceptors (Lipinski definition) is 1. The average molecular weight is 225 g/mol. The van der Waals surface area contributed by atoms with Gasteiger partial charge in [-0.05, 0) is 45.7 Å². The summed E-state index contributed by atoms with van der Waals surface area (Å²) in [5.74, 6) is 1.73. The molecule has 0 aliphatic rings. The SMILES string of the molecule is CC=CCCC(CN(C)C)C(C)CCCC. The Hall–Kier alpha value is -0.300. The van der Waals surface area contributed by atoms with Crippen LogP contribution in [0.2, 0.25) is 0 Å². The summed E-state index contributed by atoms with van der Waals surface area (Å²) in [6.07, 6.45) is 11.2. The Labute approximate surface area is 103 Å². The van der Waals surface area contributed by atoms with Crippen LogP contribution in [0.15, 0.2) is 12.2 Å². The molecule has 0 aromatic carbocycles. The Morgan fingerprint density at radius 1 is 1.19 bits per heavy atom. The molecule has 96 valence electrons. The van der Waals surface area contributed by atoms with Gasteiger partial charge in [-0.2, -0.15) is 0 Å². The molecule has 0 aromatic rings. The van der Waals surface area contributed by atoms with Gasteiger partial charge < -0.3 is 4.90 Å². The lowest BCUT2D eigenvalue weighted by Crippen LogP contribution is -2.26. The second-order valence-corrected chi connectivity index (χ2v) is 5.29. The van der Waals surface area contributed by atoms with E-state index in [1.54, 1.807) is 0 Å². The molecule has 0 spiro atoms. The molecule has 0 N–H and O–H groups in total. The summed E-state index contributed by atoms with van der Waals surface area (Å²) in [6.45, 7) is 8.07. The van der Waals surface area contributed by atoms with E-state index in [9.17, 15) is 0 Å². The van der Waals surface area contributed by atoms with E-state index in [4.69, 9.17) is 0 Å². The topological polar surface area (TPSA) is 3.24 Å². The maximum Gasteiger partial charge on any atom is 0.000621 e. The fourth-order valence-electron chi connectivity index (χ4n) is 2.26. The molecule has 1 nitrogen and oxygen atoms in total. The molecule has 2 atom stereocenters. The molecule has 2 unspecified atom stereocenters. The van der Waals surface area contributed by atoms with E-state index in [-0.39, 0.29) is 0 Å². The Morgan fingerprint density at radius 2 is 1.88 bits per heavy atom. The van der Waals surface area contributed by atoms with Crippen molar-refractivity contribution in [2.75, 3.05) is 20.6 Å². The summed E-state index contributed by atoms with van der Waals surface area (Å²) in [4.78, 5) is 2.34. The van der Waals surface area contributed by atoms with Crippen molar-refractivity contribution in [2.24, 2.45) is 11.8 Å². The van der Waals surface area contributed by atoms with Gasteiger partial charge in [0.1, 0.15) is 0 Å². The molecule has 0 rings (SSSR count). The highest BCUT2D eigenvalue weighted by Crippen LogP contribution is 2.23. The molecule has 0 saturated carbocycles. The highest BCUT2D eigenvalue weighted by Gasteiger charge is 2.16. The summed E-state index contributed by atoms with van der Waals surface area (Å²) >= 11 is 0. The minimum Gasteiger partial charge on any atom is -0.309 e. The molecule has 0 fully saturated rings. The smallest absolute Gasteiger partial charge is 0.000621 e. The first-order valence-corrected chi connectivity index (χ1v) is 6.87. The first-order chi connectivity index (χ1) is 7.61. The zero-order chi connectivity index (χ0) is 12.4. The van der Waals surface area contributed by atoms with Gasteiger partial charge in [0.15, 0.2) is 0 Å². The Morgan fingerprint density at radius 3 is 2.38 bits per heavy atom. The second kappa shape index (κ2) is 9.89. The second-order valence-electron chi connectivity index (χ2n) is 5.29. The van der Waals surface area contributed by atoms with Gasteiger partial charge in [-0.1, -0.05) is 45.3 Å². The lowest BCUT2D eigenvalue weighted by Gasteiger charge is -2.26. The minimum atomic E-state index is 0.859. The van der Waals surface area contributed by atoms with Crippen LogP contribution in [0.1, 0.15) is 52.9 Å². The largest absolute Gasteiger partial charge is 0.309 e. The number of allylic oxidation sites excluding steroid dienone is 2. The molecule has 0 saturated heterocycles. The predicted molar refractivity (Wildman–Crippen MR) is 74.8 cm³/mol. The molecule has 16 heavy (non-hydrogen) atoms. The third-order valence-electron chi connectivity index (χ3n) is 3.36. The molecule has 0 bridgehead atoms. The van der Waals surface area contributed by atoms with Gasteiger partial charge in [-0.3, -0.25) is 0 Å². The summed E-state index contributed by atoms with van der Waals surface area (Å²) in [6, 6.07) is 0. The van der Waals surface area contributed by atoms with Crippen molar-refractivity contribution in [2.45, 2.75) is 52.9 Å². The fraction of sp³-hybridized carbons (Fsp3) is 0.867. The van der Waals surface area contributed by atoms with Crippen molar-refractivity contribution in [3.63, 3.8) is 0 Å². The van der Waals surface area contributed by atoms with Gasteiger partial charge in [0.2, 0.25) is 0 Å². The fourth-order valence-corrected chi connectivity index (χ4v) is 2.26. The first kappa shape index (κ1) is 15.7. The first-order valence-electron chi connectivity index (χ1n) is 6.87. The Balaban J connectivity index is 4.06. The minimum absolute atomic E-state index is 0.859. The summed E-state index contributed by atoms with van der Waals surface area (Å²) in [7, 11) is 4.38. The van der Waals surface area contributed by atoms with Gasteiger partial charge in [-0.25, -0.2) is 0 Å². The number of unbranched alkanes of at least 4 members (excludes halogenated alkanes) is 1. The van der Waals surface area contributed by atoms with Crippen LogP contribution in [0.4, 0.5) is 0 Å². The van der Waals surface area contributed by atoms with Crippen LogP contribution >= 0.6 is 0 Å². The van der Waals surface area contributed by atoms with E-state index in [2.05, 4.69) is 51.9 Å². The van der Waals surface area contributed by atoms with Crippen molar-refractivity contribution in [3.8, 4) is 0 Å². The summed E-state index contributed by atoms with van der Waals surface area (Å²) in [5, 5.41) is 0. The number of hydrogen-bond donors (Lipinski definition) is 0. The molecule has 1 heteroatoms. The zero-order valence-corrected chi connectivity index (χ0v) is 12.0. The van der Waals surface area contributed by atoms with Crippen molar-refractivity contribution in [1.82, 2.24) is 4.90 Å². The molecular formula is C15H31N. The summed E-state index contributed by atoms with van der Waals surface area (Å²) < 4.78 is 0. The highest BCUT2D eigenvalue weighted by molar-refractivity contribution is 4.80. The van der Waals surface area contributed by atoms with E-state index in [0.29, 0.717) is 0 Å². The van der Waals surface area contributed by atoms with Gasteiger partial charge in [0, 0.05) is 6.54 Å². The van der Waals surface area contributed by atoms with E-state index in [1.807, 2.05) is 0 Å². The average Bonchev–Trinajstić information content (AvgIpc) is 2.24. The lowest BCUT2D eigenvalue weighted by atomic mass is 9.86. The van der Waals surface area contributed by atoms with Crippen molar-refractivity contribution in [3.05, 3.63) is 12.2 Å². The maximum atomic E-state index is 2.43. The monoisotopic (exact) mass is 225 g/mol. The van der Waals surface area contributed by atoms with Gasteiger partial charge >= 0.3 is 0 Å². The molecule has 0 aromatic heterocycles.